The third-order valence-corrected chi connectivity index (χ3v) is 3.69. The molecule has 0 spiro atoms. The first-order valence-corrected chi connectivity index (χ1v) is 6.72. The van der Waals surface area contributed by atoms with Crippen LogP contribution in [-0.2, 0) is 16.1 Å². The van der Waals surface area contributed by atoms with Gasteiger partial charge < -0.3 is 10.2 Å². The molecule has 0 radical (unpaired) electrons. The Morgan fingerprint density at radius 2 is 2.22 bits per heavy atom. The largest absolute Gasteiger partial charge is 0.345 e. The lowest BCUT2D eigenvalue weighted by Crippen LogP contribution is -2.62. The second-order valence-corrected chi connectivity index (χ2v) is 6.45. The topological polar surface area (TPSA) is 62.3 Å². The van der Waals surface area contributed by atoms with Gasteiger partial charge in [0.1, 0.15) is 6.04 Å². The smallest absolute Gasteiger partial charge is 0.243 e. The molecule has 1 aliphatic rings. The lowest BCUT2D eigenvalue weighted by Gasteiger charge is -2.41. The van der Waals surface area contributed by atoms with E-state index >= 15 is 0 Å². The van der Waals surface area contributed by atoms with Crippen LogP contribution >= 0.6 is 11.3 Å². The highest BCUT2D eigenvalue weighted by molar-refractivity contribution is 7.09. The predicted octanol–water partition coefficient (Wildman–Crippen LogP) is 1.02. The number of nitrogens with zero attached hydrogens (tertiary/aromatic N) is 2. The number of hydrogen-bond donors (Lipinski definition) is 1. The second kappa shape index (κ2) is 4.68. The molecule has 1 aromatic rings. The molecule has 1 atom stereocenters. The zero-order valence-corrected chi connectivity index (χ0v) is 11.6. The van der Waals surface area contributed by atoms with E-state index in [2.05, 4.69) is 10.3 Å². The molecular weight excluding hydrogens is 250 g/mol. The molecule has 18 heavy (non-hydrogen) atoms. The summed E-state index contributed by atoms with van der Waals surface area (Å²) in [6, 6.07) is -0.430. The first-order valence-electron chi connectivity index (χ1n) is 5.84. The van der Waals surface area contributed by atoms with Crippen molar-refractivity contribution in [3.8, 4) is 0 Å². The van der Waals surface area contributed by atoms with Crippen molar-refractivity contribution in [3.05, 3.63) is 16.6 Å². The number of aromatic nitrogens is 1. The van der Waals surface area contributed by atoms with Crippen LogP contribution in [0, 0.1) is 5.41 Å². The molecule has 0 aliphatic carbocycles. The van der Waals surface area contributed by atoms with E-state index in [1.54, 1.807) is 16.6 Å². The highest BCUT2D eigenvalue weighted by atomic mass is 32.1. The van der Waals surface area contributed by atoms with E-state index in [1.165, 1.54) is 11.3 Å². The Hall–Kier alpha value is -1.43. The van der Waals surface area contributed by atoms with Crippen LogP contribution in [0.25, 0.3) is 0 Å². The van der Waals surface area contributed by atoms with Crippen LogP contribution in [0.2, 0.25) is 0 Å². The summed E-state index contributed by atoms with van der Waals surface area (Å²) in [5, 5.41) is 2.66. The van der Waals surface area contributed by atoms with E-state index in [-0.39, 0.29) is 23.8 Å². The Morgan fingerprint density at radius 3 is 2.78 bits per heavy atom. The first-order chi connectivity index (χ1) is 8.39. The maximum absolute atomic E-state index is 12.0. The van der Waals surface area contributed by atoms with Gasteiger partial charge in [0.05, 0.1) is 18.6 Å². The standard InChI is InChI=1S/C12H17N3O2S/c1-12(2,3)10-11(17)14-5-9(16)15(10)6-8-4-13-7-18-8/h4,7,10H,5-6H2,1-3H3,(H,14,17). The van der Waals surface area contributed by atoms with E-state index in [9.17, 15) is 9.59 Å². The molecule has 1 aromatic heterocycles. The summed E-state index contributed by atoms with van der Waals surface area (Å²) >= 11 is 1.50. The molecule has 0 bridgehead atoms. The molecule has 1 aliphatic heterocycles. The van der Waals surface area contributed by atoms with Crippen LogP contribution < -0.4 is 5.32 Å². The number of hydrogen-bond acceptors (Lipinski definition) is 4. The maximum atomic E-state index is 12.0. The lowest BCUT2D eigenvalue weighted by atomic mass is 9.84. The molecule has 0 aromatic carbocycles. The Kier molecular flexibility index (Phi) is 3.38. The van der Waals surface area contributed by atoms with Gasteiger partial charge in [-0.2, -0.15) is 0 Å². The van der Waals surface area contributed by atoms with Gasteiger partial charge in [-0.25, -0.2) is 0 Å². The minimum Gasteiger partial charge on any atom is -0.345 e. The highest BCUT2D eigenvalue weighted by Crippen LogP contribution is 2.28. The summed E-state index contributed by atoms with van der Waals surface area (Å²) in [5.41, 5.74) is 1.45. The summed E-state index contributed by atoms with van der Waals surface area (Å²) in [4.78, 5) is 30.7. The Balaban J connectivity index is 2.26. The minimum atomic E-state index is -0.430. The van der Waals surface area contributed by atoms with Gasteiger partial charge in [0.25, 0.3) is 0 Å². The number of nitrogens with one attached hydrogen (secondary N) is 1. The molecule has 5 nitrogen and oxygen atoms in total. The number of carbonyl (C=O) groups excluding carboxylic acids is 2. The third kappa shape index (κ3) is 2.53. The van der Waals surface area contributed by atoms with Gasteiger partial charge >= 0.3 is 0 Å². The van der Waals surface area contributed by atoms with Crippen molar-refractivity contribution in [2.45, 2.75) is 33.4 Å². The number of rotatable bonds is 2. The maximum Gasteiger partial charge on any atom is 0.243 e. The van der Waals surface area contributed by atoms with Crippen molar-refractivity contribution >= 4 is 23.2 Å². The van der Waals surface area contributed by atoms with Crippen molar-refractivity contribution in [1.29, 1.82) is 0 Å². The van der Waals surface area contributed by atoms with Gasteiger partial charge in [0, 0.05) is 11.1 Å². The second-order valence-electron chi connectivity index (χ2n) is 5.48. The Labute approximate surface area is 110 Å². The number of carbonyl (C=O) groups is 2. The number of piperazine rings is 1. The summed E-state index contributed by atoms with van der Waals surface area (Å²) in [6.07, 6.45) is 1.74. The van der Waals surface area contributed by atoms with Crippen LogP contribution in [0.3, 0.4) is 0 Å². The minimum absolute atomic E-state index is 0.0390. The Morgan fingerprint density at radius 1 is 1.50 bits per heavy atom. The zero-order chi connectivity index (χ0) is 13.3. The molecule has 2 amide bonds. The van der Waals surface area contributed by atoms with E-state index in [4.69, 9.17) is 0 Å². The lowest BCUT2D eigenvalue weighted by molar-refractivity contribution is -0.150. The fourth-order valence-corrected chi connectivity index (χ4v) is 2.77. The van der Waals surface area contributed by atoms with Crippen LogP contribution in [-0.4, -0.2) is 34.3 Å². The normalized spacial score (nSPS) is 21.1. The predicted molar refractivity (Wildman–Crippen MR) is 68.9 cm³/mol. The van der Waals surface area contributed by atoms with E-state index in [0.29, 0.717) is 6.54 Å². The molecule has 2 rings (SSSR count). The zero-order valence-electron chi connectivity index (χ0n) is 10.8. The molecule has 1 N–H and O–H groups in total. The molecule has 2 heterocycles. The number of amides is 2. The number of thiazole rings is 1. The summed E-state index contributed by atoms with van der Waals surface area (Å²) in [7, 11) is 0. The van der Waals surface area contributed by atoms with E-state index in [0.717, 1.165) is 4.88 Å². The molecule has 1 fully saturated rings. The fourth-order valence-electron chi connectivity index (χ4n) is 2.17. The van der Waals surface area contributed by atoms with Crippen molar-refractivity contribution in [1.82, 2.24) is 15.2 Å². The van der Waals surface area contributed by atoms with Gasteiger partial charge in [-0.05, 0) is 5.41 Å². The van der Waals surface area contributed by atoms with Gasteiger partial charge in [0.15, 0.2) is 0 Å². The first kappa shape index (κ1) is 13.0. The van der Waals surface area contributed by atoms with Crippen LogP contribution in [0.1, 0.15) is 25.6 Å². The van der Waals surface area contributed by atoms with Crippen molar-refractivity contribution in [3.63, 3.8) is 0 Å². The van der Waals surface area contributed by atoms with Gasteiger partial charge in [0.2, 0.25) is 11.8 Å². The molecule has 1 unspecified atom stereocenters. The molecule has 1 saturated heterocycles. The SMILES string of the molecule is CC(C)(C)C1C(=O)NCC(=O)N1Cc1cncs1. The van der Waals surface area contributed by atoms with Crippen molar-refractivity contribution in [2.75, 3.05) is 6.54 Å². The molecule has 0 saturated carbocycles. The summed E-state index contributed by atoms with van der Waals surface area (Å²) in [6.45, 7) is 6.45. The van der Waals surface area contributed by atoms with E-state index < -0.39 is 6.04 Å². The van der Waals surface area contributed by atoms with Gasteiger partial charge in [-0.3, -0.25) is 14.6 Å². The van der Waals surface area contributed by atoms with Gasteiger partial charge in [-0.1, -0.05) is 20.8 Å². The highest BCUT2D eigenvalue weighted by Gasteiger charge is 2.42. The average Bonchev–Trinajstić information content (AvgIpc) is 2.74. The van der Waals surface area contributed by atoms with Crippen molar-refractivity contribution < 1.29 is 9.59 Å². The summed E-state index contributed by atoms with van der Waals surface area (Å²) < 4.78 is 0. The summed E-state index contributed by atoms with van der Waals surface area (Å²) in [5.74, 6) is -0.116. The van der Waals surface area contributed by atoms with Gasteiger partial charge in [-0.15, -0.1) is 11.3 Å². The van der Waals surface area contributed by atoms with Crippen LogP contribution in [0.5, 0.6) is 0 Å². The quantitative estimate of drug-likeness (QED) is 0.870. The Bertz CT molecular complexity index is 450. The third-order valence-electron chi connectivity index (χ3n) is 2.92. The monoisotopic (exact) mass is 267 g/mol. The molecule has 98 valence electrons. The molecule has 6 heteroatoms. The molecular formula is C12H17N3O2S. The van der Waals surface area contributed by atoms with Crippen molar-refractivity contribution in [2.24, 2.45) is 5.41 Å². The fraction of sp³-hybridized carbons (Fsp3) is 0.583. The van der Waals surface area contributed by atoms with Crippen LogP contribution in [0.15, 0.2) is 11.7 Å². The van der Waals surface area contributed by atoms with Crippen LogP contribution in [0.4, 0.5) is 0 Å². The average molecular weight is 267 g/mol. The van der Waals surface area contributed by atoms with E-state index in [1.807, 2.05) is 20.8 Å².